The van der Waals surface area contributed by atoms with Crippen LogP contribution in [0.3, 0.4) is 0 Å². The van der Waals surface area contributed by atoms with Crippen LogP contribution in [-0.4, -0.2) is 13.7 Å². The van der Waals surface area contributed by atoms with Crippen molar-refractivity contribution in [2.24, 2.45) is 0 Å². The average molecular weight is 319 g/mol. The van der Waals surface area contributed by atoms with E-state index in [1.165, 1.54) is 0 Å². The number of allylic oxidation sites excluding steroid dienone is 1. The van der Waals surface area contributed by atoms with Gasteiger partial charge in [-0.2, -0.15) is 5.26 Å². The average Bonchev–Trinajstić information content (AvgIpc) is 3.08. The predicted octanol–water partition coefficient (Wildman–Crippen LogP) is 4.90. The fourth-order valence-electron chi connectivity index (χ4n) is 2.53. The van der Waals surface area contributed by atoms with Gasteiger partial charge >= 0.3 is 0 Å². The van der Waals surface area contributed by atoms with Crippen LogP contribution in [0.15, 0.2) is 53.1 Å². The molecule has 3 aromatic rings. The number of hydrogen-bond donors (Lipinski definition) is 0. The lowest BCUT2D eigenvalue weighted by molar-refractivity contribution is 0.311. The highest BCUT2D eigenvalue weighted by Crippen LogP contribution is 2.30. The van der Waals surface area contributed by atoms with Crippen molar-refractivity contribution < 1.29 is 13.9 Å². The molecule has 4 heteroatoms. The zero-order chi connectivity index (χ0) is 16.9. The lowest BCUT2D eigenvalue weighted by Gasteiger charge is -2.10. The van der Waals surface area contributed by atoms with Crippen LogP contribution in [0.1, 0.15) is 18.1 Å². The summed E-state index contributed by atoms with van der Waals surface area (Å²) in [4.78, 5) is 0. The van der Waals surface area contributed by atoms with Crippen LogP contribution in [0.25, 0.3) is 22.6 Å². The van der Waals surface area contributed by atoms with Crippen molar-refractivity contribution in [3.8, 4) is 17.6 Å². The molecule has 0 spiro atoms. The predicted molar refractivity (Wildman–Crippen MR) is 93.9 cm³/mol. The zero-order valence-corrected chi connectivity index (χ0v) is 13.6. The van der Waals surface area contributed by atoms with E-state index in [1.807, 2.05) is 55.5 Å². The van der Waals surface area contributed by atoms with Crippen LogP contribution in [0.4, 0.5) is 0 Å². The third-order valence-corrected chi connectivity index (χ3v) is 3.68. The van der Waals surface area contributed by atoms with Crippen LogP contribution >= 0.6 is 0 Å². The molecule has 4 nitrogen and oxygen atoms in total. The molecule has 1 heterocycles. The normalized spacial score (nSPS) is 11.3. The Labute approximate surface area is 140 Å². The minimum Gasteiger partial charge on any atom is -0.493 e. The molecule has 0 saturated heterocycles. The molecule has 0 radical (unpaired) electrons. The second-order valence-electron chi connectivity index (χ2n) is 5.19. The first-order valence-corrected chi connectivity index (χ1v) is 7.65. The van der Waals surface area contributed by atoms with Crippen molar-refractivity contribution in [1.82, 2.24) is 0 Å². The first-order chi connectivity index (χ1) is 11.7. The van der Waals surface area contributed by atoms with E-state index in [2.05, 4.69) is 6.07 Å². The standard InChI is InChI=1S/C20H17NO3/c1-3-23-20-11-14(4-6-19(20)22-2)10-17(13-21)15-5-7-18-16(12-15)8-9-24-18/h4-12H,3H2,1-2H3. The molecule has 0 unspecified atom stereocenters. The third kappa shape index (κ3) is 3.11. The number of benzene rings is 2. The van der Waals surface area contributed by atoms with Crippen LogP contribution < -0.4 is 9.47 Å². The Morgan fingerprint density at radius 3 is 2.79 bits per heavy atom. The van der Waals surface area contributed by atoms with E-state index in [0.717, 1.165) is 22.1 Å². The van der Waals surface area contributed by atoms with Crippen molar-refractivity contribution in [2.45, 2.75) is 6.92 Å². The van der Waals surface area contributed by atoms with Crippen molar-refractivity contribution >= 4 is 22.6 Å². The number of nitriles is 1. The number of furan rings is 1. The summed E-state index contributed by atoms with van der Waals surface area (Å²) in [6.45, 7) is 2.47. The Morgan fingerprint density at radius 1 is 1.17 bits per heavy atom. The molecule has 0 aliphatic carbocycles. The zero-order valence-electron chi connectivity index (χ0n) is 13.6. The molecule has 1 aromatic heterocycles. The maximum Gasteiger partial charge on any atom is 0.161 e. The van der Waals surface area contributed by atoms with E-state index in [4.69, 9.17) is 13.9 Å². The van der Waals surface area contributed by atoms with E-state index in [9.17, 15) is 5.26 Å². The van der Waals surface area contributed by atoms with Gasteiger partial charge in [-0.1, -0.05) is 6.07 Å². The summed E-state index contributed by atoms with van der Waals surface area (Å²) >= 11 is 0. The summed E-state index contributed by atoms with van der Waals surface area (Å²) in [5, 5.41) is 10.5. The van der Waals surface area contributed by atoms with Gasteiger partial charge in [-0.05, 0) is 60.5 Å². The molecule has 0 amide bonds. The molecule has 0 saturated carbocycles. The Hall–Kier alpha value is -3.19. The fourth-order valence-corrected chi connectivity index (χ4v) is 2.53. The summed E-state index contributed by atoms with van der Waals surface area (Å²) in [6.07, 6.45) is 3.48. The molecule has 24 heavy (non-hydrogen) atoms. The van der Waals surface area contributed by atoms with Gasteiger partial charge in [0.2, 0.25) is 0 Å². The molecular formula is C20H17NO3. The van der Waals surface area contributed by atoms with Crippen molar-refractivity contribution in [3.05, 3.63) is 59.9 Å². The molecular weight excluding hydrogens is 302 g/mol. The molecule has 0 atom stereocenters. The number of ether oxygens (including phenoxy) is 2. The SMILES string of the molecule is CCOc1cc(C=C(C#N)c2ccc3occc3c2)ccc1OC. The maximum absolute atomic E-state index is 9.54. The van der Waals surface area contributed by atoms with Crippen LogP contribution in [0.2, 0.25) is 0 Å². The van der Waals surface area contributed by atoms with E-state index in [0.29, 0.717) is 23.7 Å². The lowest BCUT2D eigenvalue weighted by atomic mass is 10.0. The topological polar surface area (TPSA) is 55.4 Å². The fraction of sp³-hybridized carbons (Fsp3) is 0.150. The van der Waals surface area contributed by atoms with E-state index in [-0.39, 0.29) is 0 Å². The van der Waals surface area contributed by atoms with Crippen molar-refractivity contribution in [3.63, 3.8) is 0 Å². The number of rotatable bonds is 5. The smallest absolute Gasteiger partial charge is 0.161 e. The van der Waals surface area contributed by atoms with Crippen LogP contribution in [0.5, 0.6) is 11.5 Å². The first kappa shape index (κ1) is 15.7. The Balaban J connectivity index is 2.01. The number of methoxy groups -OCH3 is 1. The largest absolute Gasteiger partial charge is 0.493 e. The summed E-state index contributed by atoms with van der Waals surface area (Å²) in [5.74, 6) is 1.34. The van der Waals surface area contributed by atoms with Gasteiger partial charge in [-0.15, -0.1) is 0 Å². The number of hydrogen-bond acceptors (Lipinski definition) is 4. The molecule has 0 aliphatic rings. The summed E-state index contributed by atoms with van der Waals surface area (Å²) in [5.41, 5.74) is 3.10. The second kappa shape index (κ2) is 6.93. The molecule has 0 aliphatic heterocycles. The van der Waals surface area contributed by atoms with Gasteiger partial charge in [-0.25, -0.2) is 0 Å². The molecule has 0 N–H and O–H groups in total. The quantitative estimate of drug-likeness (QED) is 0.495. The van der Waals surface area contributed by atoms with Gasteiger partial charge in [0.05, 0.1) is 31.6 Å². The highest BCUT2D eigenvalue weighted by atomic mass is 16.5. The van der Waals surface area contributed by atoms with Crippen molar-refractivity contribution in [1.29, 1.82) is 5.26 Å². The molecule has 3 rings (SSSR count). The van der Waals surface area contributed by atoms with Gasteiger partial charge < -0.3 is 13.9 Å². The van der Waals surface area contributed by atoms with Gasteiger partial charge in [-0.3, -0.25) is 0 Å². The van der Waals surface area contributed by atoms with Crippen molar-refractivity contribution in [2.75, 3.05) is 13.7 Å². The first-order valence-electron chi connectivity index (χ1n) is 7.65. The molecule has 2 aromatic carbocycles. The number of nitrogens with zero attached hydrogens (tertiary/aromatic N) is 1. The number of fused-ring (bicyclic) bond motifs is 1. The minimum absolute atomic E-state index is 0.547. The van der Waals surface area contributed by atoms with Gasteiger partial charge in [0.1, 0.15) is 5.58 Å². The summed E-state index contributed by atoms with van der Waals surface area (Å²) < 4.78 is 16.2. The monoisotopic (exact) mass is 319 g/mol. The van der Waals surface area contributed by atoms with Crippen LogP contribution in [0, 0.1) is 11.3 Å². The van der Waals surface area contributed by atoms with Gasteiger partial charge in [0.25, 0.3) is 0 Å². The highest BCUT2D eigenvalue weighted by Gasteiger charge is 2.07. The Kier molecular flexibility index (Phi) is 4.53. The Morgan fingerprint density at radius 2 is 2.04 bits per heavy atom. The van der Waals surface area contributed by atoms with Gasteiger partial charge in [0.15, 0.2) is 11.5 Å². The summed E-state index contributed by atoms with van der Waals surface area (Å²) in [6, 6.07) is 15.5. The molecule has 120 valence electrons. The van der Waals surface area contributed by atoms with E-state index < -0.39 is 0 Å². The molecule has 0 fully saturated rings. The molecule has 0 bridgehead atoms. The van der Waals surface area contributed by atoms with E-state index >= 15 is 0 Å². The van der Waals surface area contributed by atoms with Crippen LogP contribution in [-0.2, 0) is 0 Å². The summed E-state index contributed by atoms with van der Waals surface area (Å²) in [7, 11) is 1.61. The highest BCUT2D eigenvalue weighted by molar-refractivity contribution is 5.93. The second-order valence-corrected chi connectivity index (χ2v) is 5.19. The third-order valence-electron chi connectivity index (χ3n) is 3.68. The van der Waals surface area contributed by atoms with E-state index in [1.54, 1.807) is 13.4 Å². The Bertz CT molecular complexity index is 931. The lowest BCUT2D eigenvalue weighted by Crippen LogP contribution is -1.95. The van der Waals surface area contributed by atoms with Gasteiger partial charge in [0, 0.05) is 5.39 Å². The minimum atomic E-state index is 0.547. The maximum atomic E-state index is 9.54.